The van der Waals surface area contributed by atoms with Gasteiger partial charge in [-0.25, -0.2) is 4.98 Å². The van der Waals surface area contributed by atoms with Gasteiger partial charge in [0.1, 0.15) is 5.82 Å². The molecule has 0 unspecified atom stereocenters. The molecule has 0 spiro atoms. The predicted octanol–water partition coefficient (Wildman–Crippen LogP) is 4.00. The number of rotatable bonds is 5. The number of aryl methyl sites for hydroxylation is 1. The average Bonchev–Trinajstić information content (AvgIpc) is 2.59. The van der Waals surface area contributed by atoms with Gasteiger partial charge in [-0.05, 0) is 43.7 Å². The molecule has 0 saturated carbocycles. The van der Waals surface area contributed by atoms with E-state index in [-0.39, 0.29) is 17.8 Å². The monoisotopic (exact) mass is 393 g/mol. The first-order chi connectivity index (χ1) is 12.3. The summed E-state index contributed by atoms with van der Waals surface area (Å²) in [5, 5.41) is 11.8. The van der Waals surface area contributed by atoms with Crippen LogP contribution in [0.2, 0.25) is 0 Å². The second-order valence-electron chi connectivity index (χ2n) is 8.42. The smallest absolute Gasteiger partial charge is 0.224 e. The van der Waals surface area contributed by atoms with Gasteiger partial charge in [0.05, 0.1) is 23.1 Å². The minimum Gasteiger partial charge on any atom is -0.477 e. The number of aromatic nitrogens is 2. The summed E-state index contributed by atoms with van der Waals surface area (Å²) in [6.07, 6.45) is 2.63. The van der Waals surface area contributed by atoms with Gasteiger partial charge < -0.3 is 14.7 Å². The van der Waals surface area contributed by atoms with Crippen molar-refractivity contribution in [2.24, 2.45) is 5.41 Å². The van der Waals surface area contributed by atoms with Crippen molar-refractivity contribution < 1.29 is 9.84 Å². The van der Waals surface area contributed by atoms with Crippen molar-refractivity contribution in [1.82, 2.24) is 14.9 Å². The first kappa shape index (κ1) is 21.9. The second kappa shape index (κ2) is 8.72. The fourth-order valence-electron chi connectivity index (χ4n) is 3.62. The molecule has 1 saturated heterocycles. The zero-order valence-electron chi connectivity index (χ0n) is 16.9. The summed E-state index contributed by atoms with van der Waals surface area (Å²) in [5.41, 5.74) is 0.318. The number of nitrogens with zero attached hydrogens (tertiary/aromatic N) is 3. The fourth-order valence-corrected chi connectivity index (χ4v) is 3.62. The number of likely N-dealkylation sites (tertiary alicyclic amines) is 1. The molecule has 1 N–H and O–H groups in total. The van der Waals surface area contributed by atoms with Gasteiger partial charge in [0.15, 0.2) is 0 Å². The third-order valence-electron chi connectivity index (χ3n) is 5.62. The lowest BCUT2D eigenvalue weighted by Gasteiger charge is -2.46. The Hall–Kier alpha value is -1.43. The molecule has 1 aromatic carbocycles. The lowest BCUT2D eigenvalue weighted by molar-refractivity contribution is -0.0990. The van der Waals surface area contributed by atoms with Crippen molar-refractivity contribution in [2.45, 2.75) is 52.6 Å². The van der Waals surface area contributed by atoms with Crippen molar-refractivity contribution in [3.8, 4) is 5.88 Å². The summed E-state index contributed by atoms with van der Waals surface area (Å²) in [6.45, 7) is 11.8. The van der Waals surface area contributed by atoms with Crippen LogP contribution >= 0.6 is 12.4 Å². The number of hydrogen-bond donors (Lipinski definition) is 1. The van der Waals surface area contributed by atoms with Crippen LogP contribution in [-0.2, 0) is 0 Å². The van der Waals surface area contributed by atoms with Crippen LogP contribution in [-0.4, -0.2) is 51.8 Å². The van der Waals surface area contributed by atoms with Crippen molar-refractivity contribution in [3.05, 3.63) is 30.1 Å². The Kier molecular flexibility index (Phi) is 7.06. The summed E-state index contributed by atoms with van der Waals surface area (Å²) < 4.78 is 5.96. The number of piperidine rings is 1. The quantitative estimate of drug-likeness (QED) is 0.778. The molecule has 3 rings (SSSR count). The molecule has 2 heterocycles. The van der Waals surface area contributed by atoms with Crippen LogP contribution in [0.3, 0.4) is 0 Å². The Labute approximate surface area is 168 Å². The second-order valence-corrected chi connectivity index (χ2v) is 8.42. The SMILES string of the molecule is Cc1nc(OCCCN2CCC(O)(C(C)(C)C)CC2)c2ccccc2n1.Cl. The Morgan fingerprint density at radius 1 is 1.15 bits per heavy atom. The van der Waals surface area contributed by atoms with E-state index in [1.165, 1.54) is 0 Å². The molecule has 1 fully saturated rings. The van der Waals surface area contributed by atoms with E-state index in [1.54, 1.807) is 0 Å². The van der Waals surface area contributed by atoms with E-state index < -0.39 is 5.60 Å². The van der Waals surface area contributed by atoms with Crippen LogP contribution in [0, 0.1) is 12.3 Å². The third-order valence-corrected chi connectivity index (χ3v) is 5.62. The highest BCUT2D eigenvalue weighted by molar-refractivity contribution is 5.85. The predicted molar refractivity (Wildman–Crippen MR) is 112 cm³/mol. The first-order valence-corrected chi connectivity index (χ1v) is 9.59. The van der Waals surface area contributed by atoms with Gasteiger partial charge in [-0.1, -0.05) is 32.9 Å². The Balaban J connectivity index is 0.00000261. The molecule has 6 heteroatoms. The fraction of sp³-hybridized carbons (Fsp3) is 0.619. The zero-order valence-corrected chi connectivity index (χ0v) is 17.7. The molecule has 27 heavy (non-hydrogen) atoms. The van der Waals surface area contributed by atoms with Crippen molar-refractivity contribution >= 4 is 23.3 Å². The molecule has 0 radical (unpaired) electrons. The summed E-state index contributed by atoms with van der Waals surface area (Å²) in [4.78, 5) is 11.3. The van der Waals surface area contributed by atoms with Gasteiger partial charge in [-0.3, -0.25) is 0 Å². The molecule has 0 aliphatic carbocycles. The number of aliphatic hydroxyl groups is 1. The van der Waals surface area contributed by atoms with Crippen LogP contribution < -0.4 is 4.74 Å². The van der Waals surface area contributed by atoms with Crippen LogP contribution in [0.4, 0.5) is 0 Å². The van der Waals surface area contributed by atoms with E-state index in [9.17, 15) is 5.11 Å². The summed E-state index contributed by atoms with van der Waals surface area (Å²) >= 11 is 0. The van der Waals surface area contributed by atoms with Crippen LogP contribution in [0.5, 0.6) is 5.88 Å². The average molecular weight is 394 g/mol. The molecule has 2 aromatic rings. The molecule has 1 aliphatic rings. The normalized spacial score (nSPS) is 17.5. The highest BCUT2D eigenvalue weighted by atomic mass is 35.5. The van der Waals surface area contributed by atoms with E-state index in [0.717, 1.165) is 55.6 Å². The minimum absolute atomic E-state index is 0. The van der Waals surface area contributed by atoms with Crippen molar-refractivity contribution in [1.29, 1.82) is 0 Å². The highest BCUT2D eigenvalue weighted by Gasteiger charge is 2.42. The van der Waals surface area contributed by atoms with E-state index in [1.807, 2.05) is 31.2 Å². The van der Waals surface area contributed by atoms with Crippen LogP contribution in [0.1, 0.15) is 45.9 Å². The lowest BCUT2D eigenvalue weighted by Crippen LogP contribution is -2.51. The van der Waals surface area contributed by atoms with Gasteiger partial charge in [-0.15, -0.1) is 12.4 Å². The van der Waals surface area contributed by atoms with E-state index in [0.29, 0.717) is 12.5 Å². The molecule has 0 amide bonds. The van der Waals surface area contributed by atoms with Gasteiger partial charge in [0, 0.05) is 19.6 Å². The molecule has 0 bridgehead atoms. The van der Waals surface area contributed by atoms with Crippen LogP contribution in [0.15, 0.2) is 24.3 Å². The highest BCUT2D eigenvalue weighted by Crippen LogP contribution is 2.38. The topological polar surface area (TPSA) is 58.5 Å². The molecule has 1 aromatic heterocycles. The maximum atomic E-state index is 10.8. The van der Waals surface area contributed by atoms with E-state index >= 15 is 0 Å². The Morgan fingerprint density at radius 2 is 1.81 bits per heavy atom. The Morgan fingerprint density at radius 3 is 2.48 bits per heavy atom. The van der Waals surface area contributed by atoms with Crippen molar-refractivity contribution in [2.75, 3.05) is 26.2 Å². The standard InChI is InChI=1S/C21H31N3O2.ClH/c1-16-22-18-9-6-5-8-17(18)19(23-16)26-15-7-12-24-13-10-21(25,11-14-24)20(2,3)4;/h5-6,8-9,25H,7,10-15H2,1-4H3;1H. The lowest BCUT2D eigenvalue weighted by atomic mass is 9.71. The first-order valence-electron chi connectivity index (χ1n) is 9.59. The number of para-hydroxylation sites is 1. The largest absolute Gasteiger partial charge is 0.477 e. The van der Waals surface area contributed by atoms with Gasteiger partial charge in [0.2, 0.25) is 5.88 Å². The van der Waals surface area contributed by atoms with E-state index in [4.69, 9.17) is 4.74 Å². The van der Waals surface area contributed by atoms with E-state index in [2.05, 4.69) is 35.6 Å². The maximum absolute atomic E-state index is 10.8. The third kappa shape index (κ3) is 5.09. The summed E-state index contributed by atoms with van der Waals surface area (Å²) in [5.74, 6) is 1.41. The molecule has 150 valence electrons. The summed E-state index contributed by atoms with van der Waals surface area (Å²) in [7, 11) is 0. The zero-order chi connectivity index (χ0) is 18.8. The van der Waals surface area contributed by atoms with Crippen LogP contribution in [0.25, 0.3) is 10.9 Å². The number of fused-ring (bicyclic) bond motifs is 1. The number of ether oxygens (including phenoxy) is 1. The molecular weight excluding hydrogens is 362 g/mol. The maximum Gasteiger partial charge on any atom is 0.224 e. The minimum atomic E-state index is -0.544. The Bertz CT molecular complexity index is 753. The molecule has 1 aliphatic heterocycles. The van der Waals surface area contributed by atoms with Crippen molar-refractivity contribution in [3.63, 3.8) is 0 Å². The molecule has 5 nitrogen and oxygen atoms in total. The molecule has 0 atom stereocenters. The summed E-state index contributed by atoms with van der Waals surface area (Å²) in [6, 6.07) is 7.95. The van der Waals surface area contributed by atoms with Gasteiger partial charge >= 0.3 is 0 Å². The number of halogens is 1. The number of benzene rings is 1. The number of hydrogen-bond acceptors (Lipinski definition) is 5. The molecular formula is C21H32ClN3O2. The van der Waals surface area contributed by atoms with Gasteiger partial charge in [-0.2, -0.15) is 4.98 Å². The van der Waals surface area contributed by atoms with Gasteiger partial charge in [0.25, 0.3) is 0 Å².